The molecule has 0 fully saturated rings. The highest BCUT2D eigenvalue weighted by Gasteiger charge is 2.22. The number of hydrogen-bond acceptors (Lipinski definition) is 6. The maximum atomic E-state index is 11.8. The summed E-state index contributed by atoms with van der Waals surface area (Å²) in [6.45, 7) is 3.82. The van der Waals surface area contributed by atoms with Gasteiger partial charge in [0, 0.05) is 18.0 Å². The fourth-order valence-corrected chi connectivity index (χ4v) is 3.32. The summed E-state index contributed by atoms with van der Waals surface area (Å²) in [4.78, 5) is 16.0. The van der Waals surface area contributed by atoms with Crippen LogP contribution in [0.2, 0.25) is 0 Å². The molecular weight excluding hydrogens is 336 g/mol. The second kappa shape index (κ2) is 7.48. The summed E-state index contributed by atoms with van der Waals surface area (Å²) in [5.41, 5.74) is 2.90. The fraction of sp³-hybridized carbons (Fsp3) is 0.222. The fourth-order valence-electron chi connectivity index (χ4n) is 2.43. The molecular formula is C18H18N4O2S. The number of ether oxygens (including phenoxy) is 1. The Balaban J connectivity index is 2.12. The Bertz CT molecular complexity index is 880. The molecule has 25 heavy (non-hydrogen) atoms. The van der Waals surface area contributed by atoms with Gasteiger partial charge in [0.25, 0.3) is 0 Å². The van der Waals surface area contributed by atoms with Gasteiger partial charge < -0.3 is 4.74 Å². The third kappa shape index (κ3) is 3.56. The minimum Gasteiger partial charge on any atom is -0.468 e. The van der Waals surface area contributed by atoms with Crippen LogP contribution < -0.4 is 0 Å². The molecule has 6 nitrogen and oxygen atoms in total. The van der Waals surface area contributed by atoms with Crippen LogP contribution >= 0.6 is 11.8 Å². The van der Waals surface area contributed by atoms with Crippen LogP contribution in [0.3, 0.4) is 0 Å². The molecule has 128 valence electrons. The lowest BCUT2D eigenvalue weighted by Crippen LogP contribution is -2.15. The van der Waals surface area contributed by atoms with Crippen molar-refractivity contribution in [2.24, 2.45) is 0 Å². The second-order valence-corrected chi connectivity index (χ2v) is 6.76. The Morgan fingerprint density at radius 3 is 2.68 bits per heavy atom. The number of esters is 1. The lowest BCUT2D eigenvalue weighted by molar-refractivity contribution is -0.139. The first-order valence-electron chi connectivity index (χ1n) is 7.78. The van der Waals surface area contributed by atoms with Gasteiger partial charge in [-0.15, -0.1) is 10.2 Å². The Hall–Kier alpha value is -2.67. The highest BCUT2D eigenvalue weighted by molar-refractivity contribution is 8.00. The van der Waals surface area contributed by atoms with Crippen molar-refractivity contribution < 1.29 is 9.53 Å². The van der Waals surface area contributed by atoms with Gasteiger partial charge in [-0.2, -0.15) is 0 Å². The second-order valence-electron chi connectivity index (χ2n) is 5.45. The van der Waals surface area contributed by atoms with Crippen molar-refractivity contribution in [2.75, 3.05) is 7.11 Å². The highest BCUT2D eigenvalue weighted by Crippen LogP contribution is 2.31. The van der Waals surface area contributed by atoms with E-state index in [9.17, 15) is 4.79 Å². The Kier molecular flexibility index (Phi) is 5.14. The Morgan fingerprint density at radius 2 is 2.00 bits per heavy atom. The van der Waals surface area contributed by atoms with Crippen LogP contribution in [0, 0.1) is 6.92 Å². The number of thioether (sulfide) groups is 1. The predicted octanol–water partition coefficient (Wildman–Crippen LogP) is 3.29. The highest BCUT2D eigenvalue weighted by atomic mass is 32.2. The van der Waals surface area contributed by atoms with Crippen LogP contribution in [-0.2, 0) is 9.53 Å². The van der Waals surface area contributed by atoms with Gasteiger partial charge in [-0.25, -0.2) is 0 Å². The van der Waals surface area contributed by atoms with Crippen LogP contribution in [0.15, 0.2) is 53.9 Å². The van der Waals surface area contributed by atoms with Crippen molar-refractivity contribution in [3.8, 4) is 17.1 Å². The van der Waals surface area contributed by atoms with E-state index in [1.54, 1.807) is 19.3 Å². The van der Waals surface area contributed by atoms with Crippen LogP contribution in [0.25, 0.3) is 17.1 Å². The lowest BCUT2D eigenvalue weighted by Gasteiger charge is -2.14. The number of benzene rings is 1. The number of hydrogen-bond donors (Lipinski definition) is 0. The van der Waals surface area contributed by atoms with Crippen LogP contribution in [0.5, 0.6) is 0 Å². The molecule has 0 spiro atoms. The summed E-state index contributed by atoms with van der Waals surface area (Å²) in [5, 5.41) is 8.89. The van der Waals surface area contributed by atoms with Gasteiger partial charge in [0.05, 0.1) is 12.8 Å². The zero-order valence-corrected chi connectivity index (χ0v) is 15.0. The first-order chi connectivity index (χ1) is 12.1. The summed E-state index contributed by atoms with van der Waals surface area (Å²) in [7, 11) is 1.38. The van der Waals surface area contributed by atoms with Gasteiger partial charge in [-0.05, 0) is 37.6 Å². The van der Waals surface area contributed by atoms with E-state index in [1.807, 2.05) is 47.9 Å². The number of carbonyl (C=O) groups is 1. The van der Waals surface area contributed by atoms with Crippen molar-refractivity contribution in [3.05, 3.63) is 54.4 Å². The molecule has 1 aromatic carbocycles. The number of pyridine rings is 1. The maximum absolute atomic E-state index is 11.8. The number of para-hydroxylation sites is 1. The minimum atomic E-state index is -0.390. The van der Waals surface area contributed by atoms with Gasteiger partial charge in [0.2, 0.25) is 0 Å². The van der Waals surface area contributed by atoms with Crippen molar-refractivity contribution >= 4 is 17.7 Å². The zero-order chi connectivity index (χ0) is 17.8. The molecule has 0 N–H and O–H groups in total. The molecule has 0 aliphatic carbocycles. The summed E-state index contributed by atoms with van der Waals surface area (Å²) >= 11 is 1.32. The Labute approximate surface area is 150 Å². The number of nitrogens with zero attached hydrogens (tertiary/aromatic N) is 4. The molecule has 0 amide bonds. The molecule has 1 unspecified atom stereocenters. The summed E-state index contributed by atoms with van der Waals surface area (Å²) < 4.78 is 6.77. The summed E-state index contributed by atoms with van der Waals surface area (Å²) in [6.07, 6.45) is 3.46. The standard InChI is InChI=1S/C18H18N4O2S/c1-12-7-4-5-9-15(12)22-16(14-8-6-10-19-11-14)20-21-18(22)25-13(2)17(23)24-3/h4-11,13H,1-3H3. The molecule has 0 aliphatic rings. The molecule has 0 aliphatic heterocycles. The average Bonchev–Trinajstić information content (AvgIpc) is 3.05. The minimum absolute atomic E-state index is 0.299. The SMILES string of the molecule is COC(=O)C(C)Sc1nnc(-c2cccnc2)n1-c1ccccc1C. The quantitative estimate of drug-likeness (QED) is 0.517. The van der Waals surface area contributed by atoms with E-state index in [1.165, 1.54) is 18.9 Å². The molecule has 0 radical (unpaired) electrons. The van der Waals surface area contributed by atoms with Gasteiger partial charge in [-0.3, -0.25) is 14.3 Å². The first-order valence-corrected chi connectivity index (χ1v) is 8.66. The largest absolute Gasteiger partial charge is 0.468 e. The molecule has 3 aromatic rings. The zero-order valence-electron chi connectivity index (χ0n) is 14.2. The number of methoxy groups -OCH3 is 1. The van der Waals surface area contributed by atoms with Crippen LogP contribution in [0.4, 0.5) is 0 Å². The molecule has 0 saturated carbocycles. The summed E-state index contributed by atoms with van der Waals surface area (Å²) in [5.74, 6) is 0.384. The topological polar surface area (TPSA) is 69.9 Å². The van der Waals surface area contributed by atoms with Gasteiger partial charge in [0.15, 0.2) is 11.0 Å². The lowest BCUT2D eigenvalue weighted by atomic mass is 10.2. The normalized spacial score (nSPS) is 12.0. The molecule has 0 bridgehead atoms. The summed E-state index contributed by atoms with van der Waals surface area (Å²) in [6, 6.07) is 11.8. The third-order valence-electron chi connectivity index (χ3n) is 3.72. The van der Waals surface area contributed by atoms with Crippen LogP contribution in [0.1, 0.15) is 12.5 Å². The molecule has 7 heteroatoms. The van der Waals surface area contributed by atoms with Gasteiger partial charge in [0.1, 0.15) is 5.25 Å². The van der Waals surface area contributed by atoms with E-state index >= 15 is 0 Å². The number of aryl methyl sites for hydroxylation is 1. The molecule has 2 heterocycles. The van der Waals surface area contributed by atoms with E-state index in [-0.39, 0.29) is 5.97 Å². The predicted molar refractivity (Wildman–Crippen MR) is 96.7 cm³/mol. The Morgan fingerprint density at radius 1 is 1.20 bits per heavy atom. The van der Waals surface area contributed by atoms with E-state index < -0.39 is 5.25 Å². The smallest absolute Gasteiger partial charge is 0.318 e. The molecule has 2 aromatic heterocycles. The van der Waals surface area contributed by atoms with Gasteiger partial charge >= 0.3 is 5.97 Å². The molecule has 0 saturated heterocycles. The first kappa shape index (κ1) is 17.2. The van der Waals surface area contributed by atoms with Crippen molar-refractivity contribution in [3.63, 3.8) is 0 Å². The van der Waals surface area contributed by atoms with Crippen molar-refractivity contribution in [1.29, 1.82) is 0 Å². The monoisotopic (exact) mass is 354 g/mol. The van der Waals surface area contributed by atoms with Crippen LogP contribution in [-0.4, -0.2) is 38.1 Å². The third-order valence-corrected chi connectivity index (χ3v) is 4.75. The molecule has 1 atom stereocenters. The van der Waals surface area contributed by atoms with E-state index in [4.69, 9.17) is 4.74 Å². The number of rotatable bonds is 5. The maximum Gasteiger partial charge on any atom is 0.318 e. The molecule has 3 rings (SSSR count). The van der Waals surface area contributed by atoms with E-state index in [0.717, 1.165) is 16.8 Å². The van der Waals surface area contributed by atoms with Crippen molar-refractivity contribution in [2.45, 2.75) is 24.3 Å². The van der Waals surface area contributed by atoms with E-state index in [2.05, 4.69) is 15.2 Å². The number of carbonyl (C=O) groups excluding carboxylic acids is 1. The van der Waals surface area contributed by atoms with E-state index in [0.29, 0.717) is 11.0 Å². The average molecular weight is 354 g/mol. The van der Waals surface area contributed by atoms with Gasteiger partial charge in [-0.1, -0.05) is 30.0 Å². The van der Waals surface area contributed by atoms with Crippen molar-refractivity contribution in [1.82, 2.24) is 19.7 Å². The number of aromatic nitrogens is 4.